The van der Waals surface area contributed by atoms with E-state index in [0.717, 1.165) is 5.69 Å². The molecule has 0 spiro atoms. The van der Waals surface area contributed by atoms with Crippen molar-refractivity contribution in [3.05, 3.63) is 89.5 Å². The Balaban J connectivity index is 1.60. The van der Waals surface area contributed by atoms with Gasteiger partial charge >= 0.3 is 12.5 Å². The molecule has 1 fully saturated rings. The summed E-state index contributed by atoms with van der Waals surface area (Å²) in [6, 6.07) is 19.7. The number of nitrogens with zero attached hydrogens (tertiary/aromatic N) is 2. The van der Waals surface area contributed by atoms with Gasteiger partial charge in [-0.15, -0.1) is 13.2 Å². The number of rotatable bonds is 7. The van der Waals surface area contributed by atoms with Crippen molar-refractivity contribution >= 4 is 11.4 Å². The highest BCUT2D eigenvalue weighted by atomic mass is 19.4. The van der Waals surface area contributed by atoms with Gasteiger partial charge in [0.15, 0.2) is 6.10 Å². The Morgan fingerprint density at radius 1 is 0.950 bits per heavy atom. The summed E-state index contributed by atoms with van der Waals surface area (Å²) in [6.45, 7) is 0.0383. The van der Waals surface area contributed by atoms with Crippen LogP contribution in [-0.2, 0) is 11.8 Å². The summed E-state index contributed by atoms with van der Waals surface area (Å²) in [7, 11) is 0. The molecule has 40 heavy (non-hydrogen) atoms. The fraction of sp³-hybridized carbons (Fsp3) is 0.379. The first kappa shape index (κ1) is 28.1. The molecule has 3 aromatic rings. The van der Waals surface area contributed by atoms with Crippen LogP contribution in [0.5, 0.6) is 5.75 Å². The Labute approximate surface area is 226 Å². The first-order valence-electron chi connectivity index (χ1n) is 12.8. The van der Waals surface area contributed by atoms with Crippen molar-refractivity contribution < 1.29 is 40.6 Å². The number of β-amino-alcohol motifs (C(OH)–C–C–N with tert-alkyl or cyclic N) is 1. The van der Waals surface area contributed by atoms with Gasteiger partial charge in [-0.05, 0) is 59.9 Å². The van der Waals surface area contributed by atoms with Crippen molar-refractivity contribution in [1.82, 2.24) is 0 Å². The Morgan fingerprint density at radius 2 is 1.70 bits per heavy atom. The molecule has 0 aromatic heterocycles. The summed E-state index contributed by atoms with van der Waals surface area (Å²) >= 11 is 0. The topological polar surface area (TPSA) is 35.9 Å². The van der Waals surface area contributed by atoms with Gasteiger partial charge < -0.3 is 19.6 Å². The van der Waals surface area contributed by atoms with Crippen LogP contribution >= 0.6 is 0 Å². The van der Waals surface area contributed by atoms with Crippen LogP contribution in [-0.4, -0.2) is 56.1 Å². The summed E-state index contributed by atoms with van der Waals surface area (Å²) in [5.74, 6) is -0.407. The highest BCUT2D eigenvalue weighted by Gasteiger charge is 2.47. The molecular weight excluding hydrogens is 541 g/mol. The lowest BCUT2D eigenvalue weighted by molar-refractivity contribution is -0.274. The number of alkyl halides is 7. The van der Waals surface area contributed by atoms with Crippen LogP contribution in [0.3, 0.4) is 0 Å². The Bertz CT molecular complexity index is 1350. The normalized spacial score (nSPS) is 21.9. The largest absolute Gasteiger partial charge is 0.573 e. The molecule has 1 N–H and O–H groups in total. The third kappa shape index (κ3) is 5.84. The van der Waals surface area contributed by atoms with Gasteiger partial charge in [0, 0.05) is 36.4 Å². The molecule has 4 nitrogen and oxygen atoms in total. The second-order valence-electron chi connectivity index (χ2n) is 10.3. The maximum absolute atomic E-state index is 14.0. The molecule has 0 bridgehead atoms. The number of benzene rings is 3. The zero-order chi connectivity index (χ0) is 28.7. The molecule has 3 aromatic carbocycles. The molecule has 2 heterocycles. The number of para-hydroxylation sites is 1. The molecule has 2 aliphatic heterocycles. The quantitative estimate of drug-likeness (QED) is 0.335. The van der Waals surface area contributed by atoms with E-state index in [9.17, 15) is 35.8 Å². The predicted molar refractivity (Wildman–Crippen MR) is 136 cm³/mol. The zero-order valence-corrected chi connectivity index (χ0v) is 21.2. The van der Waals surface area contributed by atoms with Crippen LogP contribution in [0.15, 0.2) is 72.8 Å². The van der Waals surface area contributed by atoms with E-state index in [4.69, 9.17) is 0 Å². The SMILES string of the molecule is OC(CN1CC(Cc2cccc(OC(F)(F)F)c2)(c2cccc(N3CCC(F)C3)c2)c2ccccc21)C(F)(F)F. The number of fused-ring (bicyclic) bond motifs is 1. The van der Waals surface area contributed by atoms with Crippen molar-refractivity contribution in [2.24, 2.45) is 0 Å². The molecular formula is C29H27F7N2O2. The van der Waals surface area contributed by atoms with Crippen LogP contribution in [0.4, 0.5) is 42.1 Å². The van der Waals surface area contributed by atoms with Gasteiger partial charge in [-0.3, -0.25) is 0 Å². The van der Waals surface area contributed by atoms with Crippen molar-refractivity contribution in [3.63, 3.8) is 0 Å². The van der Waals surface area contributed by atoms with E-state index < -0.39 is 42.5 Å². The number of ether oxygens (including phenoxy) is 1. The molecule has 11 heteroatoms. The van der Waals surface area contributed by atoms with Crippen LogP contribution < -0.4 is 14.5 Å². The molecule has 5 rings (SSSR count). The van der Waals surface area contributed by atoms with Crippen LogP contribution in [0.1, 0.15) is 23.1 Å². The molecule has 0 aliphatic carbocycles. The average Bonchev–Trinajstić information content (AvgIpc) is 3.45. The molecule has 2 aliphatic rings. The maximum Gasteiger partial charge on any atom is 0.573 e. The minimum Gasteiger partial charge on any atom is -0.406 e. The lowest BCUT2D eigenvalue weighted by Gasteiger charge is -2.33. The van der Waals surface area contributed by atoms with E-state index in [-0.39, 0.29) is 19.5 Å². The van der Waals surface area contributed by atoms with E-state index in [1.807, 2.05) is 23.1 Å². The Kier molecular flexibility index (Phi) is 7.37. The number of hydrogen-bond donors (Lipinski definition) is 1. The lowest BCUT2D eigenvalue weighted by Crippen LogP contribution is -2.44. The maximum atomic E-state index is 14.0. The molecule has 1 saturated heterocycles. The predicted octanol–water partition coefficient (Wildman–Crippen LogP) is 6.41. The molecule has 214 valence electrons. The molecule has 0 saturated carbocycles. The summed E-state index contributed by atoms with van der Waals surface area (Å²) in [6.07, 6.45) is -12.8. The highest BCUT2D eigenvalue weighted by Crippen LogP contribution is 2.48. The first-order valence-corrected chi connectivity index (χ1v) is 12.8. The zero-order valence-electron chi connectivity index (χ0n) is 21.2. The summed E-state index contributed by atoms with van der Waals surface area (Å²) < 4.78 is 97.0. The minimum absolute atomic E-state index is 0.0268. The van der Waals surface area contributed by atoms with Gasteiger partial charge in [0.1, 0.15) is 11.9 Å². The van der Waals surface area contributed by atoms with E-state index in [0.29, 0.717) is 35.3 Å². The van der Waals surface area contributed by atoms with E-state index >= 15 is 0 Å². The van der Waals surface area contributed by atoms with Crippen LogP contribution in [0, 0.1) is 0 Å². The van der Waals surface area contributed by atoms with Crippen molar-refractivity contribution in [3.8, 4) is 5.75 Å². The number of aliphatic hydroxyl groups excluding tert-OH is 1. The third-order valence-corrected chi connectivity index (χ3v) is 7.52. The smallest absolute Gasteiger partial charge is 0.406 e. The van der Waals surface area contributed by atoms with Crippen molar-refractivity contribution in [2.45, 2.75) is 43.1 Å². The summed E-state index contributed by atoms with van der Waals surface area (Å²) in [5.41, 5.74) is 2.11. The second-order valence-corrected chi connectivity index (χ2v) is 10.3. The van der Waals surface area contributed by atoms with Gasteiger partial charge in [-0.2, -0.15) is 13.2 Å². The summed E-state index contributed by atoms with van der Waals surface area (Å²) in [4.78, 5) is 3.36. The second kappa shape index (κ2) is 10.5. The van der Waals surface area contributed by atoms with E-state index in [2.05, 4.69) is 4.74 Å². The standard InChI is InChI=1S/C29H27F7N2O2/c30-21-11-12-37(16-21)22-7-4-6-20(14-22)27(15-19-5-3-8-23(13-19)40-29(34,35)36)18-38(17-26(39)28(31,32)33)25-10-2-1-9-24(25)27/h1-10,13-14,21,26,39H,11-12,15-18H2. The van der Waals surface area contributed by atoms with E-state index in [1.165, 1.54) is 23.1 Å². The Hall–Kier alpha value is -3.47. The molecule has 3 atom stereocenters. The molecule has 0 radical (unpaired) electrons. The van der Waals surface area contributed by atoms with Crippen LogP contribution in [0.2, 0.25) is 0 Å². The molecule has 3 unspecified atom stereocenters. The monoisotopic (exact) mass is 568 g/mol. The fourth-order valence-corrected chi connectivity index (χ4v) is 5.78. The van der Waals surface area contributed by atoms with Gasteiger partial charge in [0.2, 0.25) is 0 Å². The third-order valence-electron chi connectivity index (χ3n) is 7.52. The lowest BCUT2D eigenvalue weighted by atomic mass is 9.71. The van der Waals surface area contributed by atoms with Crippen LogP contribution in [0.25, 0.3) is 0 Å². The van der Waals surface area contributed by atoms with Crippen molar-refractivity contribution in [1.29, 1.82) is 0 Å². The number of aliphatic hydroxyl groups is 1. The Morgan fingerprint density at radius 3 is 2.40 bits per heavy atom. The number of hydrogen-bond acceptors (Lipinski definition) is 4. The highest BCUT2D eigenvalue weighted by molar-refractivity contribution is 5.68. The van der Waals surface area contributed by atoms with E-state index in [1.54, 1.807) is 36.4 Å². The van der Waals surface area contributed by atoms with Gasteiger partial charge in [0.25, 0.3) is 0 Å². The number of anilines is 2. The average molecular weight is 569 g/mol. The first-order chi connectivity index (χ1) is 18.8. The van der Waals surface area contributed by atoms with Crippen molar-refractivity contribution in [2.75, 3.05) is 36.0 Å². The minimum atomic E-state index is -4.89. The fourth-order valence-electron chi connectivity index (χ4n) is 5.78. The molecule has 0 amide bonds. The van der Waals surface area contributed by atoms with Gasteiger partial charge in [-0.1, -0.05) is 42.5 Å². The summed E-state index contributed by atoms with van der Waals surface area (Å²) in [5, 5.41) is 9.93. The number of halogens is 7. The van der Waals surface area contributed by atoms with Gasteiger partial charge in [0.05, 0.1) is 6.54 Å². The van der Waals surface area contributed by atoms with Gasteiger partial charge in [-0.25, -0.2) is 4.39 Å².